The van der Waals surface area contributed by atoms with Gasteiger partial charge in [0.2, 0.25) is 16.5 Å². The molecule has 4 rings (SSSR count). The molecule has 1 amide bonds. The van der Waals surface area contributed by atoms with Crippen LogP contribution in [0.1, 0.15) is 21.5 Å². The topological polar surface area (TPSA) is 95.8 Å². The van der Waals surface area contributed by atoms with E-state index in [1.165, 1.54) is 17.9 Å². The van der Waals surface area contributed by atoms with Gasteiger partial charge in [0.1, 0.15) is 6.26 Å². The monoisotopic (exact) mass is 545 g/mol. The van der Waals surface area contributed by atoms with Gasteiger partial charge >= 0.3 is 6.18 Å². The molecule has 2 aromatic carbocycles. The lowest BCUT2D eigenvalue weighted by atomic mass is 10.0. The van der Waals surface area contributed by atoms with E-state index in [0.29, 0.717) is 0 Å². The number of hydrogen-bond acceptors (Lipinski definition) is 5. The molecule has 1 N–H and O–H groups in total. The van der Waals surface area contributed by atoms with Crippen molar-refractivity contribution in [3.8, 4) is 11.4 Å². The fourth-order valence-electron chi connectivity index (χ4n) is 3.51. The number of aromatic nitrogens is 4. The van der Waals surface area contributed by atoms with Crippen LogP contribution in [0.4, 0.5) is 30.7 Å². The molecule has 1 unspecified atom stereocenters. The average Bonchev–Trinajstić information content (AvgIpc) is 3.21. The summed E-state index contributed by atoms with van der Waals surface area (Å²) >= 11 is -2.37. The van der Waals surface area contributed by atoms with Gasteiger partial charge in [-0.2, -0.15) is 22.0 Å². The summed E-state index contributed by atoms with van der Waals surface area (Å²) in [4.78, 5) is 22.7. The van der Waals surface area contributed by atoms with Gasteiger partial charge in [-0.15, -0.1) is 0 Å². The Kier molecular flexibility index (Phi) is 6.85. The molecular weight excluding hydrogens is 531 g/mol. The Balaban J connectivity index is 1.60. The highest BCUT2D eigenvalue weighted by Gasteiger charge is 2.35. The number of benzene rings is 2. The van der Waals surface area contributed by atoms with E-state index in [4.69, 9.17) is 0 Å². The predicted molar refractivity (Wildman–Crippen MR) is 117 cm³/mol. The van der Waals surface area contributed by atoms with Gasteiger partial charge in [0, 0.05) is 37.1 Å². The van der Waals surface area contributed by atoms with Crippen LogP contribution in [0.3, 0.4) is 0 Å². The van der Waals surface area contributed by atoms with Crippen LogP contribution >= 0.6 is 0 Å². The molecule has 0 aliphatic carbocycles. The van der Waals surface area contributed by atoms with Crippen LogP contribution in [0.5, 0.6) is 0 Å². The van der Waals surface area contributed by atoms with E-state index in [0.717, 1.165) is 30.8 Å². The number of imidazole rings is 1. The Morgan fingerprint density at radius 3 is 2.16 bits per heavy atom. The maximum Gasteiger partial charge on any atom is 0.417 e. The lowest BCUT2D eigenvalue weighted by molar-refractivity contribution is -0.137. The summed E-state index contributed by atoms with van der Waals surface area (Å²) in [6.07, 6.45) is -0.847. The first-order chi connectivity index (χ1) is 17.3. The standard InChI is InChI=1S/C22H14F7N5O2S/c1-34-8-33-13-3-10(12(4-14(13)34)22(27,28)29)20-30-5-9(6-31-20)21(35)32-7-11-15(23)17(25)19(37(2)36)18(26)16(11)24/h3-6,8H,7H2,1-2H3,(H,32,35). The second-order valence-electron chi connectivity index (χ2n) is 7.74. The lowest BCUT2D eigenvalue weighted by Crippen LogP contribution is -2.25. The SMILES string of the molecule is Cn1cnc2cc(-c3ncc(C(=O)NCc4c(F)c(F)c([S+](C)[O-])c(F)c4F)cn3)c(C(F)(F)F)cc21. The molecule has 0 aliphatic rings. The molecule has 0 fully saturated rings. The van der Waals surface area contributed by atoms with Crippen molar-refractivity contribution in [3.05, 3.63) is 70.8 Å². The zero-order valence-corrected chi connectivity index (χ0v) is 19.6. The van der Waals surface area contributed by atoms with Crippen molar-refractivity contribution in [1.82, 2.24) is 24.8 Å². The molecule has 2 heterocycles. The van der Waals surface area contributed by atoms with E-state index in [1.807, 2.05) is 5.32 Å². The normalized spacial score (nSPS) is 12.7. The van der Waals surface area contributed by atoms with Gasteiger partial charge in [-0.05, 0) is 23.3 Å². The Hall–Kier alpha value is -3.72. The van der Waals surface area contributed by atoms with E-state index in [2.05, 4.69) is 15.0 Å². The number of carbonyl (C=O) groups is 1. The summed E-state index contributed by atoms with van der Waals surface area (Å²) in [5.74, 6) is -8.79. The number of hydrogen-bond donors (Lipinski definition) is 1. The van der Waals surface area contributed by atoms with Gasteiger partial charge in [0.25, 0.3) is 5.91 Å². The Labute approximate surface area is 206 Å². The maximum absolute atomic E-state index is 14.2. The molecule has 2 aromatic heterocycles. The third-order valence-corrected chi connectivity index (χ3v) is 6.29. The third-order valence-electron chi connectivity index (χ3n) is 5.35. The van der Waals surface area contributed by atoms with Crippen molar-refractivity contribution in [3.63, 3.8) is 0 Å². The molecule has 37 heavy (non-hydrogen) atoms. The summed E-state index contributed by atoms with van der Waals surface area (Å²) < 4.78 is 110. The fourth-order valence-corrected chi connectivity index (χ4v) is 4.20. The first-order valence-electron chi connectivity index (χ1n) is 10.1. The van der Waals surface area contributed by atoms with Crippen molar-refractivity contribution < 1.29 is 40.1 Å². The first-order valence-corrected chi connectivity index (χ1v) is 11.7. The quantitative estimate of drug-likeness (QED) is 0.230. The van der Waals surface area contributed by atoms with Crippen LogP contribution in [0.15, 0.2) is 35.7 Å². The molecular formula is C22H14F7N5O2S. The van der Waals surface area contributed by atoms with Gasteiger partial charge in [-0.1, -0.05) is 0 Å². The van der Waals surface area contributed by atoms with Crippen LogP contribution in [-0.2, 0) is 30.9 Å². The number of nitrogens with zero attached hydrogens (tertiary/aromatic N) is 4. The highest BCUT2D eigenvalue weighted by molar-refractivity contribution is 7.90. The second-order valence-corrected chi connectivity index (χ2v) is 9.05. The molecule has 7 nitrogen and oxygen atoms in total. The minimum absolute atomic E-state index is 0.220. The molecule has 194 valence electrons. The zero-order valence-electron chi connectivity index (χ0n) is 18.8. The van der Waals surface area contributed by atoms with E-state index >= 15 is 0 Å². The molecule has 0 bridgehead atoms. The molecule has 0 saturated heterocycles. The Morgan fingerprint density at radius 1 is 1.03 bits per heavy atom. The van der Waals surface area contributed by atoms with Gasteiger partial charge in [-0.25, -0.2) is 23.7 Å². The molecule has 0 saturated carbocycles. The zero-order chi connectivity index (χ0) is 27.2. The number of amides is 1. The van der Waals surface area contributed by atoms with Crippen molar-refractivity contribution in [2.45, 2.75) is 17.6 Å². The number of carbonyl (C=O) groups excluding carboxylic acids is 1. The van der Waals surface area contributed by atoms with Gasteiger partial charge < -0.3 is 14.4 Å². The van der Waals surface area contributed by atoms with Crippen molar-refractivity contribution >= 4 is 28.1 Å². The minimum Gasteiger partial charge on any atom is -0.611 e. The van der Waals surface area contributed by atoms with Crippen molar-refractivity contribution in [2.24, 2.45) is 7.05 Å². The van der Waals surface area contributed by atoms with Crippen LogP contribution in [0.2, 0.25) is 0 Å². The van der Waals surface area contributed by atoms with Gasteiger partial charge in [0.05, 0.1) is 28.5 Å². The van der Waals surface area contributed by atoms with E-state index in [1.54, 1.807) is 0 Å². The molecule has 4 aromatic rings. The average molecular weight is 545 g/mol. The lowest BCUT2D eigenvalue weighted by Gasteiger charge is -2.13. The minimum atomic E-state index is -4.76. The number of alkyl halides is 3. The highest BCUT2D eigenvalue weighted by Crippen LogP contribution is 2.38. The first kappa shape index (κ1) is 26.3. The number of rotatable bonds is 5. The molecule has 0 aliphatic heterocycles. The van der Waals surface area contributed by atoms with Crippen LogP contribution in [0, 0.1) is 23.3 Å². The summed E-state index contributed by atoms with van der Waals surface area (Å²) in [5.41, 5.74) is -2.44. The summed E-state index contributed by atoms with van der Waals surface area (Å²) in [6, 6.07) is 2.04. The van der Waals surface area contributed by atoms with Crippen LogP contribution in [-0.4, -0.2) is 36.2 Å². The number of nitrogens with one attached hydrogen (secondary N) is 1. The van der Waals surface area contributed by atoms with E-state index < -0.39 is 74.7 Å². The van der Waals surface area contributed by atoms with Gasteiger partial charge in [-0.3, -0.25) is 4.79 Å². The summed E-state index contributed by atoms with van der Waals surface area (Å²) in [6.45, 7) is -1.00. The van der Waals surface area contributed by atoms with Crippen molar-refractivity contribution in [2.75, 3.05) is 6.26 Å². The smallest absolute Gasteiger partial charge is 0.417 e. The highest BCUT2D eigenvalue weighted by atomic mass is 32.2. The van der Waals surface area contributed by atoms with E-state index in [-0.39, 0.29) is 22.4 Å². The van der Waals surface area contributed by atoms with Crippen molar-refractivity contribution in [1.29, 1.82) is 0 Å². The van der Waals surface area contributed by atoms with Crippen LogP contribution < -0.4 is 5.32 Å². The largest absolute Gasteiger partial charge is 0.611 e. The van der Waals surface area contributed by atoms with Gasteiger partial charge in [0.15, 0.2) is 17.5 Å². The Bertz CT molecular complexity index is 1490. The Morgan fingerprint density at radius 2 is 1.62 bits per heavy atom. The number of halogens is 7. The maximum atomic E-state index is 14.2. The molecule has 1 atom stereocenters. The number of aryl methyl sites for hydroxylation is 1. The second kappa shape index (κ2) is 9.63. The fraction of sp³-hybridized carbons (Fsp3) is 0.182. The molecule has 0 spiro atoms. The third kappa shape index (κ3) is 4.83. The summed E-state index contributed by atoms with van der Waals surface area (Å²) in [7, 11) is 1.53. The van der Waals surface area contributed by atoms with E-state index in [9.17, 15) is 40.1 Å². The summed E-state index contributed by atoms with van der Waals surface area (Å²) in [5, 5.41) is 2.02. The van der Waals surface area contributed by atoms with Crippen LogP contribution in [0.25, 0.3) is 22.4 Å². The number of fused-ring (bicyclic) bond motifs is 1. The molecule has 0 radical (unpaired) electrons. The predicted octanol–water partition coefficient (Wildman–Crippen LogP) is 4.27. The molecule has 15 heteroatoms.